The van der Waals surface area contributed by atoms with E-state index in [4.69, 9.17) is 23.2 Å². The van der Waals surface area contributed by atoms with E-state index in [9.17, 15) is 14.0 Å². The molecule has 0 radical (unpaired) electrons. The van der Waals surface area contributed by atoms with Gasteiger partial charge in [0.1, 0.15) is 5.82 Å². The Hall–Kier alpha value is -2.44. The lowest BCUT2D eigenvalue weighted by Crippen LogP contribution is -2.32. The van der Waals surface area contributed by atoms with Crippen molar-refractivity contribution in [2.24, 2.45) is 5.10 Å². The summed E-state index contributed by atoms with van der Waals surface area (Å²) in [6.07, 6.45) is 1.09. The fraction of sp³-hybridized carbons (Fsp3) is 0. The zero-order chi connectivity index (χ0) is 16.8. The summed E-state index contributed by atoms with van der Waals surface area (Å²) in [4.78, 5) is 23.3. The average molecular weight is 354 g/mol. The summed E-state index contributed by atoms with van der Waals surface area (Å²) in [5, 5.41) is 6.46. The van der Waals surface area contributed by atoms with Crippen molar-refractivity contribution in [2.75, 3.05) is 5.32 Å². The predicted molar refractivity (Wildman–Crippen MR) is 87.2 cm³/mol. The maximum Gasteiger partial charge on any atom is 0.329 e. The highest BCUT2D eigenvalue weighted by Gasteiger charge is 2.13. The minimum absolute atomic E-state index is 0.176. The van der Waals surface area contributed by atoms with E-state index in [-0.39, 0.29) is 11.3 Å². The van der Waals surface area contributed by atoms with Crippen molar-refractivity contribution >= 4 is 46.9 Å². The first-order valence-corrected chi connectivity index (χ1v) is 7.06. The average Bonchev–Trinajstić information content (AvgIpc) is 2.48. The van der Waals surface area contributed by atoms with Gasteiger partial charge in [-0.1, -0.05) is 41.4 Å². The van der Waals surface area contributed by atoms with Gasteiger partial charge < -0.3 is 5.32 Å². The monoisotopic (exact) mass is 353 g/mol. The van der Waals surface area contributed by atoms with Crippen LogP contribution < -0.4 is 10.7 Å². The van der Waals surface area contributed by atoms with E-state index in [1.54, 1.807) is 6.07 Å². The van der Waals surface area contributed by atoms with Gasteiger partial charge in [0, 0.05) is 21.3 Å². The summed E-state index contributed by atoms with van der Waals surface area (Å²) in [5.74, 6) is -2.48. The fourth-order valence-corrected chi connectivity index (χ4v) is 2.13. The number of rotatable bonds is 3. The zero-order valence-electron chi connectivity index (χ0n) is 11.5. The van der Waals surface area contributed by atoms with Crippen LogP contribution >= 0.6 is 23.2 Å². The number of amides is 2. The second-order valence-electron chi connectivity index (χ2n) is 4.33. The van der Waals surface area contributed by atoms with Crippen LogP contribution in [-0.4, -0.2) is 18.0 Å². The Labute approximate surface area is 141 Å². The van der Waals surface area contributed by atoms with E-state index in [0.717, 1.165) is 6.21 Å². The second kappa shape index (κ2) is 7.71. The molecule has 0 unspecified atom stereocenters. The van der Waals surface area contributed by atoms with Crippen molar-refractivity contribution in [3.63, 3.8) is 0 Å². The number of hydrogen-bond donors (Lipinski definition) is 2. The lowest BCUT2D eigenvalue weighted by Gasteiger charge is -2.05. The summed E-state index contributed by atoms with van der Waals surface area (Å²) >= 11 is 11.6. The van der Waals surface area contributed by atoms with Crippen LogP contribution in [0.5, 0.6) is 0 Å². The number of carbonyl (C=O) groups is 2. The van der Waals surface area contributed by atoms with Crippen LogP contribution in [0.15, 0.2) is 47.6 Å². The van der Waals surface area contributed by atoms with E-state index < -0.39 is 17.6 Å². The molecule has 0 fully saturated rings. The Bertz CT molecular complexity index is 761. The Morgan fingerprint density at radius 3 is 2.35 bits per heavy atom. The largest absolute Gasteiger partial charge is 0.329 e. The number of benzene rings is 2. The highest BCUT2D eigenvalue weighted by Crippen LogP contribution is 2.22. The van der Waals surface area contributed by atoms with E-state index in [1.165, 1.54) is 36.4 Å². The second-order valence-corrected chi connectivity index (χ2v) is 5.21. The molecule has 0 saturated heterocycles. The number of nitrogens with one attached hydrogen (secondary N) is 2. The molecule has 0 atom stereocenters. The Morgan fingerprint density at radius 2 is 1.70 bits per heavy atom. The molecule has 8 heteroatoms. The van der Waals surface area contributed by atoms with Gasteiger partial charge in [0.05, 0.1) is 6.21 Å². The summed E-state index contributed by atoms with van der Waals surface area (Å²) in [7, 11) is 0. The normalized spacial score (nSPS) is 10.6. The van der Waals surface area contributed by atoms with E-state index in [2.05, 4.69) is 10.4 Å². The van der Waals surface area contributed by atoms with E-state index in [0.29, 0.717) is 10.0 Å². The molecule has 2 N–H and O–H groups in total. The summed E-state index contributed by atoms with van der Waals surface area (Å²) in [5.41, 5.74) is 2.43. The number of anilines is 1. The molecular weight excluding hydrogens is 344 g/mol. The third-order valence-electron chi connectivity index (χ3n) is 2.60. The predicted octanol–water partition coefficient (Wildman–Crippen LogP) is 3.22. The number of hydrazone groups is 1. The van der Waals surface area contributed by atoms with Crippen molar-refractivity contribution in [1.82, 2.24) is 5.43 Å². The van der Waals surface area contributed by atoms with Gasteiger partial charge in [0.15, 0.2) is 0 Å². The topological polar surface area (TPSA) is 70.6 Å². The smallest absolute Gasteiger partial charge is 0.318 e. The molecule has 118 valence electrons. The maximum absolute atomic E-state index is 13.3. The molecule has 0 spiro atoms. The summed E-state index contributed by atoms with van der Waals surface area (Å²) in [6, 6.07) is 10.2. The first-order valence-electron chi connectivity index (χ1n) is 6.31. The molecular formula is C15H10Cl2FN3O2. The first kappa shape index (κ1) is 16.9. The third-order valence-corrected chi connectivity index (χ3v) is 3.04. The van der Waals surface area contributed by atoms with Gasteiger partial charge in [0.2, 0.25) is 0 Å². The molecule has 5 nitrogen and oxygen atoms in total. The van der Waals surface area contributed by atoms with Crippen molar-refractivity contribution < 1.29 is 14.0 Å². The Kier molecular flexibility index (Phi) is 5.67. The van der Waals surface area contributed by atoms with E-state index in [1.807, 2.05) is 5.43 Å². The molecule has 0 saturated carbocycles. The quantitative estimate of drug-likeness (QED) is 0.505. The lowest BCUT2D eigenvalue weighted by atomic mass is 10.2. The summed E-state index contributed by atoms with van der Waals surface area (Å²) in [6.45, 7) is 0. The highest BCUT2D eigenvalue weighted by atomic mass is 35.5. The highest BCUT2D eigenvalue weighted by molar-refractivity contribution is 6.40. The van der Waals surface area contributed by atoms with E-state index >= 15 is 0 Å². The Morgan fingerprint density at radius 1 is 1.04 bits per heavy atom. The molecule has 2 amide bonds. The van der Waals surface area contributed by atoms with Crippen molar-refractivity contribution in [3.8, 4) is 0 Å². The van der Waals surface area contributed by atoms with Gasteiger partial charge >= 0.3 is 11.8 Å². The van der Waals surface area contributed by atoms with Gasteiger partial charge in [-0.05, 0) is 24.3 Å². The SMILES string of the molecule is O=C(N/N=C/c1ccccc1F)C(=O)Nc1cc(Cl)cc(Cl)c1. The fourth-order valence-electron chi connectivity index (χ4n) is 1.60. The van der Waals surface area contributed by atoms with Crippen LogP contribution in [0.3, 0.4) is 0 Å². The van der Waals surface area contributed by atoms with Gasteiger partial charge in [-0.15, -0.1) is 0 Å². The molecule has 0 aliphatic rings. The van der Waals surface area contributed by atoms with Gasteiger partial charge in [-0.25, -0.2) is 9.82 Å². The molecule has 2 aromatic rings. The molecule has 0 bridgehead atoms. The van der Waals surface area contributed by atoms with Crippen LogP contribution in [0.2, 0.25) is 10.0 Å². The van der Waals surface area contributed by atoms with Crippen LogP contribution in [0.1, 0.15) is 5.56 Å². The van der Waals surface area contributed by atoms with Crippen molar-refractivity contribution in [1.29, 1.82) is 0 Å². The Balaban J connectivity index is 1.95. The number of nitrogens with zero attached hydrogens (tertiary/aromatic N) is 1. The van der Waals surface area contributed by atoms with Gasteiger partial charge in [0.25, 0.3) is 0 Å². The number of carbonyl (C=O) groups excluding carboxylic acids is 2. The third kappa shape index (κ3) is 5.05. The molecule has 2 rings (SSSR count). The van der Waals surface area contributed by atoms with Crippen LogP contribution in [0, 0.1) is 5.82 Å². The minimum Gasteiger partial charge on any atom is -0.318 e. The van der Waals surface area contributed by atoms with Gasteiger partial charge in [-0.2, -0.15) is 5.10 Å². The van der Waals surface area contributed by atoms with Crippen molar-refractivity contribution in [3.05, 3.63) is 63.9 Å². The zero-order valence-corrected chi connectivity index (χ0v) is 13.0. The minimum atomic E-state index is -1.02. The molecule has 23 heavy (non-hydrogen) atoms. The maximum atomic E-state index is 13.3. The molecule has 0 aliphatic carbocycles. The summed E-state index contributed by atoms with van der Waals surface area (Å²) < 4.78 is 13.3. The van der Waals surface area contributed by atoms with Crippen LogP contribution in [-0.2, 0) is 9.59 Å². The van der Waals surface area contributed by atoms with Crippen LogP contribution in [0.25, 0.3) is 0 Å². The lowest BCUT2D eigenvalue weighted by molar-refractivity contribution is -0.136. The van der Waals surface area contributed by atoms with Gasteiger partial charge in [-0.3, -0.25) is 9.59 Å². The number of hydrogen-bond acceptors (Lipinski definition) is 3. The molecule has 2 aromatic carbocycles. The molecule has 0 aromatic heterocycles. The molecule has 0 aliphatic heterocycles. The van der Waals surface area contributed by atoms with Crippen molar-refractivity contribution in [2.45, 2.75) is 0 Å². The van der Waals surface area contributed by atoms with Crippen LogP contribution in [0.4, 0.5) is 10.1 Å². The standard InChI is InChI=1S/C15H10Cl2FN3O2/c16-10-5-11(17)7-12(6-10)20-14(22)15(23)21-19-8-9-3-1-2-4-13(9)18/h1-8H,(H,20,22)(H,21,23)/b19-8+. The first-order chi connectivity index (χ1) is 11.0. The molecule has 0 heterocycles. The number of halogens is 3.